The number of terminal acetylenes is 1. The first-order valence-corrected chi connectivity index (χ1v) is 18.9. The summed E-state index contributed by atoms with van der Waals surface area (Å²) in [6.07, 6.45) is 9.54. The van der Waals surface area contributed by atoms with Gasteiger partial charge in [0.15, 0.2) is 17.4 Å². The number of carboxylic acid groups (broad SMARTS) is 1. The van der Waals surface area contributed by atoms with Crippen LogP contribution in [0.25, 0.3) is 10.9 Å². The molecule has 0 radical (unpaired) electrons. The van der Waals surface area contributed by atoms with E-state index in [0.29, 0.717) is 40.4 Å². The Bertz CT molecular complexity index is 1980. The SMILES string of the molecule is C#CC(O/N=C\C(=O)NC1C(=O)N2C(C(=O)O)=C(CSc3cc[n+](C4CC4)c4cc(N5CCNCC5C)c(F)cc34)CSC12)c1csc(N)n1. The predicted octanol–water partition coefficient (Wildman–Crippen LogP) is 2.65. The molecule has 1 saturated carbocycles. The number of β-lactam (4-membered cyclic amide) rings is 1. The van der Waals surface area contributed by atoms with Crippen molar-refractivity contribution < 1.29 is 33.3 Å². The maximum Gasteiger partial charge on any atom is 0.352 e. The number of carbonyl (C=O) groups is 3. The van der Waals surface area contributed by atoms with Gasteiger partial charge in [-0.3, -0.25) is 14.5 Å². The van der Waals surface area contributed by atoms with Crippen molar-refractivity contribution >= 4 is 80.6 Å². The number of anilines is 2. The Kier molecular flexibility index (Phi) is 9.61. The second-order valence-electron chi connectivity index (χ2n) is 12.3. The Hall–Kier alpha value is -4.37. The standard InChI is InChI=1S/C33H33FN8O5S3/c1-3-25(22-16-50-33(35)38-22)47-37-13-27(43)39-28-30(44)42-29(32(45)46)18(15-49-31(28)42)14-48-26-6-8-41(19-4-5-19)23-11-24(21(34)10-20(23)26)40-9-7-36-12-17(40)2/h1,6,8,10-11,13,16-17,19,25,28,31,36H,4-5,7,9,12,14-15H2,2H3,(H3-,35,38,39,43,45,46)/p+1/b37-13-. The number of nitrogen functional groups attached to an aromatic ring is 1. The van der Waals surface area contributed by atoms with Crippen molar-refractivity contribution in [3.63, 3.8) is 0 Å². The number of amides is 2. The highest BCUT2D eigenvalue weighted by molar-refractivity contribution is 8.01. The molecule has 17 heteroatoms. The van der Waals surface area contributed by atoms with E-state index in [1.165, 1.54) is 39.8 Å². The maximum absolute atomic E-state index is 15.8. The number of carboxylic acids is 1. The molecule has 4 unspecified atom stereocenters. The van der Waals surface area contributed by atoms with Crippen LogP contribution in [0.4, 0.5) is 15.2 Å². The molecule has 5 heterocycles. The van der Waals surface area contributed by atoms with Gasteiger partial charge in [-0.25, -0.2) is 14.2 Å². The number of nitrogens with zero attached hydrogens (tertiary/aromatic N) is 5. The van der Waals surface area contributed by atoms with Crippen molar-refractivity contribution in [2.45, 2.75) is 54.3 Å². The Balaban J connectivity index is 1.05. The van der Waals surface area contributed by atoms with E-state index in [2.05, 4.69) is 43.1 Å². The summed E-state index contributed by atoms with van der Waals surface area (Å²) in [6.45, 7) is 4.36. The van der Waals surface area contributed by atoms with Gasteiger partial charge >= 0.3 is 5.97 Å². The van der Waals surface area contributed by atoms with Crippen LogP contribution < -0.4 is 25.8 Å². The summed E-state index contributed by atoms with van der Waals surface area (Å²) in [7, 11) is 0. The van der Waals surface area contributed by atoms with Crippen LogP contribution in [0.3, 0.4) is 0 Å². The first kappa shape index (κ1) is 34.1. The van der Waals surface area contributed by atoms with E-state index in [1.807, 2.05) is 18.3 Å². The topological polar surface area (TPSA) is 166 Å². The fraction of sp³-hybridized carbons (Fsp3) is 0.394. The van der Waals surface area contributed by atoms with Crippen LogP contribution in [-0.2, 0) is 19.2 Å². The Labute approximate surface area is 299 Å². The summed E-state index contributed by atoms with van der Waals surface area (Å²) < 4.78 is 18.0. The van der Waals surface area contributed by atoms with Gasteiger partial charge in [0.25, 0.3) is 11.8 Å². The van der Waals surface area contributed by atoms with Crippen molar-refractivity contribution in [1.82, 2.24) is 20.5 Å². The minimum Gasteiger partial charge on any atom is -0.477 e. The molecule has 4 atom stereocenters. The van der Waals surface area contributed by atoms with Gasteiger partial charge in [-0.15, -0.1) is 41.3 Å². The number of piperazine rings is 1. The number of rotatable bonds is 11. The molecule has 2 amide bonds. The molecule has 260 valence electrons. The van der Waals surface area contributed by atoms with Crippen molar-refractivity contribution in [3.8, 4) is 12.3 Å². The summed E-state index contributed by atoms with van der Waals surface area (Å²) in [5.74, 6) is 0.207. The second-order valence-corrected chi connectivity index (χ2v) is 15.3. The van der Waals surface area contributed by atoms with Crippen molar-refractivity contribution in [2.75, 3.05) is 41.8 Å². The van der Waals surface area contributed by atoms with Crippen LogP contribution in [0.5, 0.6) is 0 Å². The monoisotopic (exact) mass is 737 g/mol. The Morgan fingerprint density at radius 3 is 2.94 bits per heavy atom. The molecule has 13 nitrogen and oxygen atoms in total. The minimum atomic E-state index is -1.23. The number of thioether (sulfide) groups is 2. The molecule has 2 saturated heterocycles. The lowest BCUT2D eigenvalue weighted by Gasteiger charge is -2.49. The van der Waals surface area contributed by atoms with Crippen LogP contribution in [-0.4, -0.2) is 87.6 Å². The molecule has 1 aromatic carbocycles. The number of nitrogens with two attached hydrogens (primary N) is 1. The van der Waals surface area contributed by atoms with Crippen molar-refractivity contribution in [3.05, 3.63) is 52.6 Å². The highest BCUT2D eigenvalue weighted by Gasteiger charge is 2.54. The molecular formula is C33H34FN8O5S3+. The van der Waals surface area contributed by atoms with Gasteiger partial charge < -0.3 is 31.2 Å². The van der Waals surface area contributed by atoms with E-state index in [4.69, 9.17) is 17.0 Å². The maximum atomic E-state index is 15.8. The minimum absolute atomic E-state index is 0.0948. The largest absolute Gasteiger partial charge is 0.477 e. The molecule has 1 aliphatic carbocycles. The molecule has 5 N–H and O–H groups in total. The van der Waals surface area contributed by atoms with Crippen molar-refractivity contribution in [1.29, 1.82) is 0 Å². The lowest BCUT2D eigenvalue weighted by Crippen LogP contribution is -2.70. The summed E-state index contributed by atoms with van der Waals surface area (Å²) in [5, 5.41) is 21.9. The lowest BCUT2D eigenvalue weighted by atomic mass is 10.0. The van der Waals surface area contributed by atoms with Crippen molar-refractivity contribution in [2.24, 2.45) is 5.16 Å². The van der Waals surface area contributed by atoms with Gasteiger partial charge in [0.1, 0.15) is 34.8 Å². The average molecular weight is 738 g/mol. The zero-order chi connectivity index (χ0) is 35.1. The number of nitrogens with one attached hydrogen (secondary N) is 2. The number of carbonyl (C=O) groups excluding carboxylic acids is 2. The van der Waals surface area contributed by atoms with E-state index >= 15 is 4.39 Å². The number of hydrogen-bond donors (Lipinski definition) is 4. The van der Waals surface area contributed by atoms with Gasteiger partial charge in [0.05, 0.1) is 11.1 Å². The third-order valence-electron chi connectivity index (χ3n) is 8.99. The first-order valence-electron chi connectivity index (χ1n) is 16.0. The summed E-state index contributed by atoms with van der Waals surface area (Å²) in [5.41, 5.74) is 8.01. The second kappa shape index (κ2) is 14.1. The third kappa shape index (κ3) is 6.60. The number of thiazole rings is 1. The highest BCUT2D eigenvalue weighted by Crippen LogP contribution is 2.43. The quantitative estimate of drug-likeness (QED) is 0.0571. The fourth-order valence-corrected chi connectivity index (χ4v) is 9.47. The molecule has 0 spiro atoms. The summed E-state index contributed by atoms with van der Waals surface area (Å²) in [4.78, 5) is 51.7. The van der Waals surface area contributed by atoms with Crippen LogP contribution in [0.2, 0.25) is 0 Å². The molecule has 3 aromatic rings. The molecule has 3 fully saturated rings. The average Bonchev–Trinajstić information content (AvgIpc) is 3.86. The number of hydrogen-bond acceptors (Lipinski definition) is 12. The van der Waals surface area contributed by atoms with Crippen LogP contribution in [0, 0.1) is 18.2 Å². The molecular weight excluding hydrogens is 704 g/mol. The van der Waals surface area contributed by atoms with E-state index < -0.39 is 35.3 Å². The normalized spacial score (nSPS) is 22.7. The third-order valence-corrected chi connectivity index (χ3v) is 12.2. The number of fused-ring (bicyclic) bond motifs is 2. The highest BCUT2D eigenvalue weighted by atomic mass is 32.2. The fourth-order valence-electron chi connectivity index (χ4n) is 6.38. The van der Waals surface area contributed by atoms with Gasteiger partial charge in [0, 0.05) is 72.4 Å². The zero-order valence-corrected chi connectivity index (χ0v) is 29.3. The van der Waals surface area contributed by atoms with Crippen LogP contribution in [0.1, 0.15) is 37.6 Å². The molecule has 7 rings (SSSR count). The predicted molar refractivity (Wildman–Crippen MR) is 190 cm³/mol. The number of aliphatic carboxylic acids is 1. The van der Waals surface area contributed by atoms with Gasteiger partial charge in [-0.1, -0.05) is 11.1 Å². The summed E-state index contributed by atoms with van der Waals surface area (Å²) >= 11 is 3.96. The summed E-state index contributed by atoms with van der Waals surface area (Å²) in [6, 6.07) is 5.08. The van der Waals surface area contributed by atoms with E-state index in [1.54, 1.807) is 11.4 Å². The van der Waals surface area contributed by atoms with E-state index in [-0.39, 0.29) is 23.3 Å². The number of benzene rings is 1. The molecule has 3 aliphatic heterocycles. The molecule has 2 aromatic heterocycles. The molecule has 0 bridgehead atoms. The lowest BCUT2D eigenvalue weighted by molar-refractivity contribution is -0.675. The number of oxime groups is 1. The van der Waals surface area contributed by atoms with E-state index in [9.17, 15) is 19.5 Å². The number of halogens is 1. The first-order chi connectivity index (χ1) is 24.1. The molecule has 4 aliphatic rings. The van der Waals surface area contributed by atoms with Gasteiger partial charge in [-0.05, 0) is 18.6 Å². The smallest absolute Gasteiger partial charge is 0.352 e. The van der Waals surface area contributed by atoms with E-state index in [0.717, 1.165) is 47.9 Å². The Morgan fingerprint density at radius 1 is 1.42 bits per heavy atom. The zero-order valence-electron chi connectivity index (χ0n) is 26.9. The number of pyridine rings is 1. The Morgan fingerprint density at radius 2 is 2.24 bits per heavy atom. The van der Waals surface area contributed by atoms with Crippen LogP contribution in [0.15, 0.2) is 51.1 Å². The van der Waals surface area contributed by atoms with Crippen LogP contribution >= 0.6 is 34.9 Å². The van der Waals surface area contributed by atoms with Gasteiger partial charge in [0.2, 0.25) is 11.6 Å². The molecule has 50 heavy (non-hydrogen) atoms. The number of aromatic nitrogens is 2. The van der Waals surface area contributed by atoms with Gasteiger partial charge in [-0.2, -0.15) is 4.57 Å².